The smallest absolute Gasteiger partial charge is 0.317 e. The van der Waals surface area contributed by atoms with Crippen molar-refractivity contribution < 1.29 is 4.79 Å². The lowest BCUT2D eigenvalue weighted by atomic mass is 9.97. The molecular weight excluding hydrogens is 288 g/mol. The highest BCUT2D eigenvalue weighted by atomic mass is 35.5. The first-order chi connectivity index (χ1) is 9.44. The van der Waals surface area contributed by atoms with Crippen molar-refractivity contribution in [2.24, 2.45) is 5.92 Å². The quantitative estimate of drug-likeness (QED) is 0.812. The number of piperazine rings is 1. The Kier molecular flexibility index (Phi) is 7.24. The Labute approximate surface area is 135 Å². The minimum Gasteiger partial charge on any atom is -0.333 e. The zero-order valence-electron chi connectivity index (χ0n) is 13.7. The van der Waals surface area contributed by atoms with E-state index in [9.17, 15) is 4.79 Å². The first-order valence-electron chi connectivity index (χ1n) is 7.94. The van der Waals surface area contributed by atoms with Crippen LogP contribution in [0.25, 0.3) is 0 Å². The third-order valence-electron chi connectivity index (χ3n) is 4.12. The lowest BCUT2D eigenvalue weighted by Gasteiger charge is -2.38. The van der Waals surface area contributed by atoms with Gasteiger partial charge in [0.25, 0.3) is 0 Å². The van der Waals surface area contributed by atoms with Crippen molar-refractivity contribution in [2.75, 3.05) is 45.8 Å². The Morgan fingerprint density at radius 3 is 2.24 bits per heavy atom. The second kappa shape index (κ2) is 8.20. The molecule has 6 heteroatoms. The Hall–Kier alpha value is -0.520. The summed E-state index contributed by atoms with van der Waals surface area (Å²) < 4.78 is 0. The van der Waals surface area contributed by atoms with Gasteiger partial charge in [-0.2, -0.15) is 0 Å². The van der Waals surface area contributed by atoms with Crippen LogP contribution in [-0.4, -0.2) is 67.2 Å². The fraction of sp³-hybridized carbons (Fsp3) is 0.933. The lowest BCUT2D eigenvalue weighted by molar-refractivity contribution is 0.118. The van der Waals surface area contributed by atoms with E-state index in [0.29, 0.717) is 0 Å². The molecule has 0 saturated carbocycles. The summed E-state index contributed by atoms with van der Waals surface area (Å²) in [6.45, 7) is 13.4. The van der Waals surface area contributed by atoms with E-state index in [1.807, 2.05) is 25.7 Å². The number of piperidine rings is 1. The van der Waals surface area contributed by atoms with Gasteiger partial charge in [0.05, 0.1) is 0 Å². The number of carbonyl (C=O) groups is 1. The van der Waals surface area contributed by atoms with Gasteiger partial charge in [0, 0.05) is 38.3 Å². The molecule has 2 aliphatic rings. The molecule has 2 N–H and O–H groups in total. The maximum absolute atomic E-state index is 12.1. The minimum absolute atomic E-state index is 0. The molecular formula is C15H31ClN4O. The summed E-state index contributed by atoms with van der Waals surface area (Å²) in [6, 6.07) is 0.0824. The van der Waals surface area contributed by atoms with Crippen LogP contribution in [0.4, 0.5) is 4.79 Å². The second-order valence-corrected chi connectivity index (χ2v) is 7.16. The van der Waals surface area contributed by atoms with Crippen molar-refractivity contribution in [1.82, 2.24) is 20.4 Å². The van der Waals surface area contributed by atoms with Gasteiger partial charge in [-0.25, -0.2) is 4.79 Å². The van der Waals surface area contributed by atoms with Crippen LogP contribution in [0.2, 0.25) is 0 Å². The normalized spacial score (nSPS) is 21.8. The standard InChI is InChI=1S/C15H30N4O.ClH/c1-15(2,3)17-14(20)19-10-8-18(9-11-19)12-13-4-6-16-7-5-13;/h13,16H,4-12H2,1-3H3,(H,17,20);1H. The molecule has 0 aliphatic carbocycles. The molecule has 0 atom stereocenters. The number of hydrogen-bond acceptors (Lipinski definition) is 3. The Bertz CT molecular complexity index is 318. The van der Waals surface area contributed by atoms with Crippen molar-refractivity contribution in [3.8, 4) is 0 Å². The highest BCUT2D eigenvalue weighted by Gasteiger charge is 2.25. The predicted molar refractivity (Wildman–Crippen MR) is 89.1 cm³/mol. The van der Waals surface area contributed by atoms with E-state index in [1.54, 1.807) is 0 Å². The maximum Gasteiger partial charge on any atom is 0.317 e. The third kappa shape index (κ3) is 6.41. The zero-order valence-corrected chi connectivity index (χ0v) is 14.5. The van der Waals surface area contributed by atoms with Crippen molar-refractivity contribution in [1.29, 1.82) is 0 Å². The van der Waals surface area contributed by atoms with Gasteiger partial charge in [0.1, 0.15) is 0 Å². The van der Waals surface area contributed by atoms with Crippen LogP contribution in [0.15, 0.2) is 0 Å². The molecule has 2 aliphatic heterocycles. The second-order valence-electron chi connectivity index (χ2n) is 7.16. The van der Waals surface area contributed by atoms with Gasteiger partial charge in [-0.1, -0.05) is 0 Å². The molecule has 5 nitrogen and oxygen atoms in total. The SMILES string of the molecule is CC(C)(C)NC(=O)N1CCN(CC2CCNCC2)CC1.Cl. The maximum atomic E-state index is 12.1. The van der Waals surface area contributed by atoms with E-state index in [4.69, 9.17) is 0 Å². The number of nitrogens with one attached hydrogen (secondary N) is 2. The van der Waals surface area contributed by atoms with Crippen LogP contribution in [0.3, 0.4) is 0 Å². The van der Waals surface area contributed by atoms with Gasteiger partial charge in [-0.3, -0.25) is 4.90 Å². The average Bonchev–Trinajstić information content (AvgIpc) is 2.39. The van der Waals surface area contributed by atoms with Crippen molar-refractivity contribution in [2.45, 2.75) is 39.2 Å². The molecule has 2 fully saturated rings. The number of amides is 2. The van der Waals surface area contributed by atoms with Crippen LogP contribution >= 0.6 is 12.4 Å². The molecule has 2 heterocycles. The van der Waals surface area contributed by atoms with Crippen molar-refractivity contribution in [3.63, 3.8) is 0 Å². The monoisotopic (exact) mass is 318 g/mol. The number of nitrogens with zero attached hydrogens (tertiary/aromatic N) is 2. The van der Waals surface area contributed by atoms with Crippen LogP contribution in [0, 0.1) is 5.92 Å². The van der Waals surface area contributed by atoms with Gasteiger partial charge in [0.15, 0.2) is 0 Å². The van der Waals surface area contributed by atoms with Crippen LogP contribution in [0.5, 0.6) is 0 Å². The third-order valence-corrected chi connectivity index (χ3v) is 4.12. The molecule has 2 amide bonds. The summed E-state index contributed by atoms with van der Waals surface area (Å²) in [5, 5.41) is 6.46. The molecule has 0 aromatic rings. The van der Waals surface area contributed by atoms with Crippen molar-refractivity contribution >= 4 is 18.4 Å². The fourth-order valence-electron chi connectivity index (χ4n) is 2.96. The van der Waals surface area contributed by atoms with E-state index in [0.717, 1.165) is 32.1 Å². The van der Waals surface area contributed by atoms with Gasteiger partial charge >= 0.3 is 6.03 Å². The lowest BCUT2D eigenvalue weighted by Crippen LogP contribution is -2.55. The van der Waals surface area contributed by atoms with E-state index in [1.165, 1.54) is 32.5 Å². The minimum atomic E-state index is -0.149. The molecule has 0 aromatic heterocycles. The predicted octanol–water partition coefficient (Wildman–Crippen LogP) is 1.53. The summed E-state index contributed by atoms with van der Waals surface area (Å²) in [6.07, 6.45) is 2.59. The fourth-order valence-corrected chi connectivity index (χ4v) is 2.96. The van der Waals surface area contributed by atoms with Gasteiger partial charge < -0.3 is 15.5 Å². The first kappa shape index (κ1) is 18.5. The van der Waals surface area contributed by atoms with Crippen LogP contribution < -0.4 is 10.6 Å². The van der Waals surface area contributed by atoms with Gasteiger partial charge in [-0.15, -0.1) is 12.4 Å². The van der Waals surface area contributed by atoms with Crippen LogP contribution in [-0.2, 0) is 0 Å². The van der Waals surface area contributed by atoms with Crippen molar-refractivity contribution in [3.05, 3.63) is 0 Å². The Balaban J connectivity index is 0.00000220. The molecule has 2 saturated heterocycles. The van der Waals surface area contributed by atoms with E-state index < -0.39 is 0 Å². The zero-order chi connectivity index (χ0) is 14.6. The van der Waals surface area contributed by atoms with E-state index in [-0.39, 0.29) is 24.0 Å². The highest BCUT2D eigenvalue weighted by molar-refractivity contribution is 5.85. The largest absolute Gasteiger partial charge is 0.333 e. The summed E-state index contributed by atoms with van der Waals surface area (Å²) in [5.74, 6) is 0.839. The Morgan fingerprint density at radius 1 is 1.14 bits per heavy atom. The Morgan fingerprint density at radius 2 is 1.71 bits per heavy atom. The molecule has 0 radical (unpaired) electrons. The molecule has 2 rings (SSSR count). The summed E-state index contributed by atoms with van der Waals surface area (Å²) in [7, 11) is 0. The number of rotatable bonds is 2. The van der Waals surface area contributed by atoms with E-state index >= 15 is 0 Å². The molecule has 0 aromatic carbocycles. The molecule has 21 heavy (non-hydrogen) atoms. The molecule has 0 spiro atoms. The average molecular weight is 319 g/mol. The summed E-state index contributed by atoms with van der Waals surface area (Å²) >= 11 is 0. The number of hydrogen-bond donors (Lipinski definition) is 2. The van der Waals surface area contributed by atoms with Crippen LogP contribution in [0.1, 0.15) is 33.6 Å². The van der Waals surface area contributed by atoms with Gasteiger partial charge in [-0.05, 0) is 52.6 Å². The number of halogens is 1. The first-order valence-corrected chi connectivity index (χ1v) is 7.94. The summed E-state index contributed by atoms with van der Waals surface area (Å²) in [5.41, 5.74) is -0.149. The van der Waals surface area contributed by atoms with E-state index in [2.05, 4.69) is 15.5 Å². The van der Waals surface area contributed by atoms with Gasteiger partial charge in [0.2, 0.25) is 0 Å². The molecule has 124 valence electrons. The molecule has 0 bridgehead atoms. The topological polar surface area (TPSA) is 47.6 Å². The number of carbonyl (C=O) groups excluding carboxylic acids is 1. The highest BCUT2D eigenvalue weighted by Crippen LogP contribution is 2.15. The molecule has 0 unspecified atom stereocenters. The number of urea groups is 1. The summed E-state index contributed by atoms with van der Waals surface area (Å²) in [4.78, 5) is 16.6.